The molecule has 1 nitrogen and oxygen atoms in total. The van der Waals surface area contributed by atoms with Crippen molar-refractivity contribution in [3.05, 3.63) is 36.0 Å². The first-order valence-corrected chi connectivity index (χ1v) is 7.44. The molecule has 1 heteroatoms. The standard InChI is InChI=1S/C13H20O.2C2H6/c1-3-4-5-6-7-12-9-8-11(2)13(14)10-12;2*1-2/h5-7,13-14H,2-4,8-10H2,1H3;2*1-2H3/b6-5+,12-7-;;. The van der Waals surface area contributed by atoms with Crippen LogP contribution in [0.3, 0.4) is 0 Å². The van der Waals surface area contributed by atoms with Gasteiger partial charge in [-0.15, -0.1) is 0 Å². The third-order valence-corrected chi connectivity index (χ3v) is 2.62. The summed E-state index contributed by atoms with van der Waals surface area (Å²) >= 11 is 0. The molecule has 0 aromatic carbocycles. The molecule has 106 valence electrons. The van der Waals surface area contributed by atoms with Crippen LogP contribution >= 0.6 is 0 Å². The molecule has 0 bridgehead atoms. The number of allylic oxidation sites excluding steroid dienone is 3. The Hall–Kier alpha value is -0.820. The highest BCUT2D eigenvalue weighted by molar-refractivity contribution is 5.22. The minimum atomic E-state index is -0.311. The van der Waals surface area contributed by atoms with Crippen LogP contribution in [0.2, 0.25) is 0 Å². The molecule has 0 saturated heterocycles. The van der Waals surface area contributed by atoms with Crippen molar-refractivity contribution in [3.8, 4) is 0 Å². The summed E-state index contributed by atoms with van der Waals surface area (Å²) in [4.78, 5) is 0. The van der Waals surface area contributed by atoms with Crippen molar-refractivity contribution in [1.82, 2.24) is 0 Å². The number of hydrogen-bond acceptors (Lipinski definition) is 1. The summed E-state index contributed by atoms with van der Waals surface area (Å²) in [7, 11) is 0. The average Bonchev–Trinajstić information content (AvgIpc) is 2.43. The molecule has 0 aromatic rings. The second-order valence-corrected chi connectivity index (χ2v) is 3.92. The topological polar surface area (TPSA) is 20.2 Å². The molecular formula is C17H32O. The molecule has 0 aromatic heterocycles. The third-order valence-electron chi connectivity index (χ3n) is 2.62. The van der Waals surface area contributed by atoms with E-state index in [0.29, 0.717) is 0 Å². The van der Waals surface area contributed by atoms with Crippen molar-refractivity contribution in [2.45, 2.75) is 72.8 Å². The molecule has 0 radical (unpaired) electrons. The molecule has 1 fully saturated rings. The molecule has 0 spiro atoms. The first kappa shape index (κ1) is 19.5. The second-order valence-electron chi connectivity index (χ2n) is 3.92. The van der Waals surface area contributed by atoms with Gasteiger partial charge in [-0.25, -0.2) is 0 Å². The first-order valence-electron chi connectivity index (χ1n) is 7.44. The lowest BCUT2D eigenvalue weighted by Crippen LogP contribution is -2.15. The van der Waals surface area contributed by atoms with Crippen LogP contribution in [0.4, 0.5) is 0 Å². The van der Waals surface area contributed by atoms with Gasteiger partial charge in [-0.2, -0.15) is 0 Å². The fourth-order valence-corrected chi connectivity index (χ4v) is 1.60. The Bertz CT molecular complexity index is 248. The van der Waals surface area contributed by atoms with Gasteiger partial charge >= 0.3 is 0 Å². The Morgan fingerprint density at radius 3 is 2.33 bits per heavy atom. The van der Waals surface area contributed by atoms with E-state index in [2.05, 4.69) is 31.7 Å². The Morgan fingerprint density at radius 2 is 1.83 bits per heavy atom. The van der Waals surface area contributed by atoms with E-state index in [1.54, 1.807) is 0 Å². The zero-order valence-electron chi connectivity index (χ0n) is 13.0. The summed E-state index contributed by atoms with van der Waals surface area (Å²) in [6.07, 6.45) is 11.2. The zero-order valence-corrected chi connectivity index (χ0v) is 13.0. The van der Waals surface area contributed by atoms with Crippen LogP contribution in [0, 0.1) is 0 Å². The molecule has 0 heterocycles. The van der Waals surface area contributed by atoms with Gasteiger partial charge in [-0.3, -0.25) is 0 Å². The van der Waals surface area contributed by atoms with Gasteiger partial charge < -0.3 is 5.11 Å². The normalized spacial score (nSPS) is 21.1. The van der Waals surface area contributed by atoms with Crippen LogP contribution in [-0.4, -0.2) is 11.2 Å². The Morgan fingerprint density at radius 1 is 1.22 bits per heavy atom. The molecule has 18 heavy (non-hydrogen) atoms. The molecule has 1 unspecified atom stereocenters. The molecule has 1 aliphatic carbocycles. The first-order chi connectivity index (χ1) is 8.74. The van der Waals surface area contributed by atoms with Gasteiger partial charge in [0, 0.05) is 0 Å². The number of aliphatic hydroxyl groups is 1. The van der Waals surface area contributed by atoms with Crippen molar-refractivity contribution in [2.24, 2.45) is 0 Å². The van der Waals surface area contributed by atoms with E-state index < -0.39 is 0 Å². The summed E-state index contributed by atoms with van der Waals surface area (Å²) in [5.41, 5.74) is 2.33. The van der Waals surface area contributed by atoms with Crippen LogP contribution in [0.15, 0.2) is 36.0 Å². The maximum Gasteiger partial charge on any atom is 0.0784 e. The SMILES string of the molecule is C=C1CC/C(=C/C=C/CCC)CC1O.CC.CC. The summed E-state index contributed by atoms with van der Waals surface area (Å²) in [6.45, 7) is 14.0. The summed E-state index contributed by atoms with van der Waals surface area (Å²) in [6, 6.07) is 0. The zero-order chi connectivity index (χ0) is 14.4. The predicted molar refractivity (Wildman–Crippen MR) is 83.8 cm³/mol. The average molecular weight is 252 g/mol. The van der Waals surface area contributed by atoms with E-state index in [1.807, 2.05) is 27.7 Å². The van der Waals surface area contributed by atoms with Gasteiger partial charge in [0.25, 0.3) is 0 Å². The second kappa shape index (κ2) is 14.2. The summed E-state index contributed by atoms with van der Waals surface area (Å²) < 4.78 is 0. The van der Waals surface area contributed by atoms with Gasteiger partial charge in [0.1, 0.15) is 0 Å². The van der Waals surface area contributed by atoms with Crippen LogP contribution in [-0.2, 0) is 0 Å². The maximum absolute atomic E-state index is 9.59. The van der Waals surface area contributed by atoms with E-state index in [-0.39, 0.29) is 6.10 Å². The number of hydrogen-bond donors (Lipinski definition) is 1. The van der Waals surface area contributed by atoms with Gasteiger partial charge in [-0.1, -0.05) is 71.4 Å². The number of rotatable bonds is 3. The lowest BCUT2D eigenvalue weighted by Gasteiger charge is -2.21. The van der Waals surface area contributed by atoms with E-state index in [9.17, 15) is 5.11 Å². The van der Waals surface area contributed by atoms with Gasteiger partial charge in [0.05, 0.1) is 6.10 Å². The van der Waals surface area contributed by atoms with Crippen molar-refractivity contribution >= 4 is 0 Å². The fourth-order valence-electron chi connectivity index (χ4n) is 1.60. The Labute approximate surface area is 114 Å². The quantitative estimate of drug-likeness (QED) is 0.665. The van der Waals surface area contributed by atoms with Crippen LogP contribution in [0.25, 0.3) is 0 Å². The highest BCUT2D eigenvalue weighted by Crippen LogP contribution is 2.26. The highest BCUT2D eigenvalue weighted by Gasteiger charge is 2.16. The summed E-state index contributed by atoms with van der Waals surface area (Å²) in [5, 5.41) is 9.59. The molecule has 1 atom stereocenters. The minimum Gasteiger partial charge on any atom is -0.388 e. The highest BCUT2D eigenvalue weighted by atomic mass is 16.3. The third kappa shape index (κ3) is 9.23. The van der Waals surface area contributed by atoms with Crippen molar-refractivity contribution in [1.29, 1.82) is 0 Å². The Kier molecular flexibility index (Phi) is 15.4. The van der Waals surface area contributed by atoms with Gasteiger partial charge in [0.2, 0.25) is 0 Å². The summed E-state index contributed by atoms with van der Waals surface area (Å²) in [5.74, 6) is 0. The molecule has 1 N–H and O–H groups in total. The molecule has 1 rings (SSSR count). The van der Waals surface area contributed by atoms with E-state index in [1.165, 1.54) is 12.0 Å². The molecule has 1 saturated carbocycles. The molecule has 0 amide bonds. The lowest BCUT2D eigenvalue weighted by atomic mass is 9.89. The smallest absolute Gasteiger partial charge is 0.0784 e. The largest absolute Gasteiger partial charge is 0.388 e. The number of aliphatic hydroxyl groups excluding tert-OH is 1. The maximum atomic E-state index is 9.59. The van der Waals surface area contributed by atoms with E-state index in [4.69, 9.17) is 0 Å². The van der Waals surface area contributed by atoms with Crippen molar-refractivity contribution < 1.29 is 5.11 Å². The fraction of sp³-hybridized carbons (Fsp3) is 0.647. The lowest BCUT2D eigenvalue weighted by molar-refractivity contribution is 0.197. The monoisotopic (exact) mass is 252 g/mol. The molecule has 1 aliphatic rings. The van der Waals surface area contributed by atoms with Crippen LogP contribution < -0.4 is 0 Å². The minimum absolute atomic E-state index is 0.311. The van der Waals surface area contributed by atoms with Crippen molar-refractivity contribution in [2.75, 3.05) is 0 Å². The van der Waals surface area contributed by atoms with Crippen LogP contribution in [0.1, 0.15) is 66.7 Å². The van der Waals surface area contributed by atoms with Crippen LogP contribution in [0.5, 0.6) is 0 Å². The molecular weight excluding hydrogens is 220 g/mol. The number of unbranched alkanes of at least 4 members (excludes halogenated alkanes) is 1. The van der Waals surface area contributed by atoms with E-state index >= 15 is 0 Å². The predicted octanol–water partition coefficient (Wildman–Crippen LogP) is 5.42. The van der Waals surface area contributed by atoms with Crippen molar-refractivity contribution in [3.63, 3.8) is 0 Å². The van der Waals surface area contributed by atoms with E-state index in [0.717, 1.165) is 31.3 Å². The van der Waals surface area contributed by atoms with Gasteiger partial charge in [-0.05, 0) is 31.3 Å². The molecule has 0 aliphatic heterocycles. The Balaban J connectivity index is 0. The van der Waals surface area contributed by atoms with Gasteiger partial charge in [0.15, 0.2) is 0 Å².